The van der Waals surface area contributed by atoms with Crippen LogP contribution < -0.4 is 0 Å². The first-order chi connectivity index (χ1) is 10.4. The summed E-state index contributed by atoms with van der Waals surface area (Å²) in [5, 5.41) is 31.3. The Balaban J connectivity index is 1.73. The highest BCUT2D eigenvalue weighted by atomic mass is 16.3. The van der Waals surface area contributed by atoms with E-state index in [1.807, 2.05) is 0 Å². The average Bonchev–Trinajstić information content (AvgIpc) is 2.77. The van der Waals surface area contributed by atoms with E-state index in [4.69, 9.17) is 0 Å². The van der Waals surface area contributed by atoms with E-state index < -0.39 is 6.10 Å². The smallest absolute Gasteiger partial charge is 0.0757 e. The van der Waals surface area contributed by atoms with Gasteiger partial charge in [-0.3, -0.25) is 0 Å². The van der Waals surface area contributed by atoms with Crippen LogP contribution in [0.25, 0.3) is 0 Å². The zero-order valence-corrected chi connectivity index (χ0v) is 13.8. The molecule has 0 radical (unpaired) electrons. The molecule has 0 aromatic heterocycles. The summed E-state index contributed by atoms with van der Waals surface area (Å²) in [6, 6.07) is 0. The number of aliphatic hydroxyl groups excluding tert-OH is 3. The zero-order chi connectivity index (χ0) is 15.7. The minimum Gasteiger partial charge on any atom is -0.393 e. The van der Waals surface area contributed by atoms with E-state index in [-0.39, 0.29) is 23.0 Å². The fraction of sp³-hybridized carbons (Fsp3) is 0.895. The number of aliphatic hydroxyl groups is 3. The molecule has 4 aliphatic carbocycles. The SMILES string of the molecule is C[C@]12CCC3C(C(O)C=C4CC(O)CC[C@@]43C)C1CCC2O. The quantitative estimate of drug-likeness (QED) is 0.603. The second-order valence-corrected chi connectivity index (χ2v) is 8.92. The van der Waals surface area contributed by atoms with E-state index in [0.29, 0.717) is 17.8 Å². The molecule has 0 aromatic carbocycles. The Bertz CT molecular complexity index is 501. The van der Waals surface area contributed by atoms with Crippen molar-refractivity contribution >= 4 is 0 Å². The van der Waals surface area contributed by atoms with Gasteiger partial charge in [0.1, 0.15) is 0 Å². The molecule has 0 heterocycles. The Morgan fingerprint density at radius 3 is 2.50 bits per heavy atom. The van der Waals surface area contributed by atoms with Gasteiger partial charge < -0.3 is 15.3 Å². The third-order valence-corrected chi connectivity index (χ3v) is 8.05. The molecule has 4 rings (SSSR count). The van der Waals surface area contributed by atoms with Crippen molar-refractivity contribution in [1.82, 2.24) is 0 Å². The van der Waals surface area contributed by atoms with Crippen LogP contribution in [0.15, 0.2) is 11.6 Å². The van der Waals surface area contributed by atoms with Crippen molar-refractivity contribution in [2.45, 2.75) is 77.1 Å². The lowest BCUT2D eigenvalue weighted by Gasteiger charge is -2.58. The van der Waals surface area contributed by atoms with Gasteiger partial charge in [-0.1, -0.05) is 25.5 Å². The van der Waals surface area contributed by atoms with Crippen LogP contribution in [-0.4, -0.2) is 33.6 Å². The van der Waals surface area contributed by atoms with Gasteiger partial charge in [0.25, 0.3) is 0 Å². The monoisotopic (exact) mass is 306 g/mol. The Kier molecular flexibility index (Phi) is 3.32. The van der Waals surface area contributed by atoms with Gasteiger partial charge in [-0.2, -0.15) is 0 Å². The molecule has 6 unspecified atom stereocenters. The molecular formula is C19H30O3. The summed E-state index contributed by atoms with van der Waals surface area (Å²) in [5.74, 6) is 1.25. The average molecular weight is 306 g/mol. The molecule has 3 saturated carbocycles. The molecule has 4 aliphatic rings. The standard InChI is InChI=1S/C19H30O3/c1-18-7-5-12(20)9-11(18)10-15(21)17-13-3-4-16(22)19(13,2)8-6-14(17)18/h10,12-17,20-22H,3-9H2,1-2H3/t12?,13?,14?,15?,16?,17?,18-,19-/m0/s1. The molecule has 0 saturated heterocycles. The number of fused-ring (bicyclic) bond motifs is 5. The molecule has 0 amide bonds. The summed E-state index contributed by atoms with van der Waals surface area (Å²) in [7, 11) is 0. The van der Waals surface area contributed by atoms with Crippen molar-refractivity contribution in [3.63, 3.8) is 0 Å². The molecule has 22 heavy (non-hydrogen) atoms. The van der Waals surface area contributed by atoms with Crippen LogP contribution in [0, 0.1) is 28.6 Å². The van der Waals surface area contributed by atoms with E-state index in [9.17, 15) is 15.3 Å². The van der Waals surface area contributed by atoms with Crippen LogP contribution >= 0.6 is 0 Å². The Labute approximate surface area is 133 Å². The molecule has 0 aromatic rings. The van der Waals surface area contributed by atoms with Crippen molar-refractivity contribution in [3.8, 4) is 0 Å². The van der Waals surface area contributed by atoms with Gasteiger partial charge in [-0.25, -0.2) is 0 Å². The second-order valence-electron chi connectivity index (χ2n) is 8.92. The van der Waals surface area contributed by atoms with Crippen LogP contribution in [0.1, 0.15) is 58.8 Å². The van der Waals surface area contributed by atoms with E-state index in [0.717, 1.165) is 44.9 Å². The lowest BCUT2D eigenvalue weighted by molar-refractivity contribution is -0.105. The van der Waals surface area contributed by atoms with Crippen LogP contribution in [-0.2, 0) is 0 Å². The number of hydrogen-bond donors (Lipinski definition) is 3. The first-order valence-corrected chi connectivity index (χ1v) is 9.11. The van der Waals surface area contributed by atoms with Crippen LogP contribution in [0.2, 0.25) is 0 Å². The van der Waals surface area contributed by atoms with Gasteiger partial charge in [0.15, 0.2) is 0 Å². The third kappa shape index (κ3) is 1.85. The van der Waals surface area contributed by atoms with Gasteiger partial charge in [-0.15, -0.1) is 0 Å². The van der Waals surface area contributed by atoms with E-state index >= 15 is 0 Å². The maximum atomic E-state index is 10.9. The molecule has 0 aliphatic heterocycles. The number of rotatable bonds is 0. The van der Waals surface area contributed by atoms with Crippen molar-refractivity contribution < 1.29 is 15.3 Å². The first-order valence-electron chi connectivity index (χ1n) is 9.11. The molecule has 0 spiro atoms. The Hall–Kier alpha value is -0.380. The molecule has 3 nitrogen and oxygen atoms in total. The highest BCUT2D eigenvalue weighted by Crippen LogP contribution is 2.64. The fourth-order valence-electron chi connectivity index (χ4n) is 6.60. The predicted molar refractivity (Wildman–Crippen MR) is 85.1 cm³/mol. The maximum absolute atomic E-state index is 10.9. The third-order valence-electron chi connectivity index (χ3n) is 8.05. The first kappa shape index (κ1) is 15.2. The summed E-state index contributed by atoms with van der Waals surface area (Å²) < 4.78 is 0. The zero-order valence-electron chi connectivity index (χ0n) is 13.8. The van der Waals surface area contributed by atoms with E-state index in [1.165, 1.54) is 5.57 Å². The lowest BCUT2D eigenvalue weighted by Crippen LogP contribution is -2.55. The van der Waals surface area contributed by atoms with Crippen LogP contribution in [0.3, 0.4) is 0 Å². The molecule has 3 heteroatoms. The highest BCUT2D eigenvalue weighted by molar-refractivity contribution is 5.27. The van der Waals surface area contributed by atoms with Gasteiger partial charge in [0.2, 0.25) is 0 Å². The second kappa shape index (κ2) is 4.81. The topological polar surface area (TPSA) is 60.7 Å². The highest BCUT2D eigenvalue weighted by Gasteiger charge is 2.60. The van der Waals surface area contributed by atoms with Crippen molar-refractivity contribution in [3.05, 3.63) is 11.6 Å². The van der Waals surface area contributed by atoms with Gasteiger partial charge in [-0.05, 0) is 73.5 Å². The maximum Gasteiger partial charge on any atom is 0.0757 e. The van der Waals surface area contributed by atoms with Crippen molar-refractivity contribution in [2.24, 2.45) is 28.6 Å². The molecule has 8 atom stereocenters. The normalized spacial score (nSPS) is 57.6. The minimum absolute atomic E-state index is 0.00195. The van der Waals surface area contributed by atoms with E-state index in [1.54, 1.807) is 0 Å². The predicted octanol–water partition coefficient (Wildman–Crippen LogP) is 2.64. The van der Waals surface area contributed by atoms with Crippen LogP contribution in [0.4, 0.5) is 0 Å². The van der Waals surface area contributed by atoms with Gasteiger partial charge in [0.05, 0.1) is 18.3 Å². The summed E-state index contributed by atoms with van der Waals surface area (Å²) in [5.41, 5.74) is 1.44. The Morgan fingerprint density at radius 2 is 1.73 bits per heavy atom. The fourth-order valence-corrected chi connectivity index (χ4v) is 6.60. The van der Waals surface area contributed by atoms with Crippen molar-refractivity contribution in [2.75, 3.05) is 0 Å². The van der Waals surface area contributed by atoms with Gasteiger partial charge >= 0.3 is 0 Å². The molecular weight excluding hydrogens is 276 g/mol. The number of hydrogen-bond acceptors (Lipinski definition) is 3. The largest absolute Gasteiger partial charge is 0.393 e. The molecule has 0 bridgehead atoms. The lowest BCUT2D eigenvalue weighted by atomic mass is 9.47. The van der Waals surface area contributed by atoms with Crippen LogP contribution in [0.5, 0.6) is 0 Å². The summed E-state index contributed by atoms with van der Waals surface area (Å²) in [6.07, 6.45) is 8.05. The minimum atomic E-state index is -0.395. The van der Waals surface area contributed by atoms with E-state index in [2.05, 4.69) is 19.9 Å². The Morgan fingerprint density at radius 1 is 0.955 bits per heavy atom. The van der Waals surface area contributed by atoms with Gasteiger partial charge in [0, 0.05) is 0 Å². The molecule has 3 fully saturated rings. The molecule has 3 N–H and O–H groups in total. The summed E-state index contributed by atoms with van der Waals surface area (Å²) >= 11 is 0. The summed E-state index contributed by atoms with van der Waals surface area (Å²) in [4.78, 5) is 0. The van der Waals surface area contributed by atoms with Crippen molar-refractivity contribution in [1.29, 1.82) is 0 Å². The molecule has 124 valence electrons. The summed E-state index contributed by atoms with van der Waals surface area (Å²) in [6.45, 7) is 4.60.